The second kappa shape index (κ2) is 4.84. The standard InChI is InChI=1S/C12H15N3O/c13-7-9-6-10(14)8-15-12(9)16-11-4-2-1-3-5-11/h6,8,11H,1-5,14H2. The van der Waals surface area contributed by atoms with Crippen molar-refractivity contribution in [2.45, 2.75) is 38.2 Å². The highest BCUT2D eigenvalue weighted by Gasteiger charge is 2.17. The molecule has 2 rings (SSSR count). The maximum Gasteiger partial charge on any atom is 0.232 e. The predicted octanol–water partition coefficient (Wildman–Crippen LogP) is 2.25. The quantitative estimate of drug-likeness (QED) is 0.824. The summed E-state index contributed by atoms with van der Waals surface area (Å²) in [5.41, 5.74) is 6.48. The Hall–Kier alpha value is -1.76. The Labute approximate surface area is 95.0 Å². The van der Waals surface area contributed by atoms with E-state index in [-0.39, 0.29) is 6.10 Å². The van der Waals surface area contributed by atoms with Crippen LogP contribution >= 0.6 is 0 Å². The van der Waals surface area contributed by atoms with Gasteiger partial charge >= 0.3 is 0 Å². The number of ether oxygens (including phenoxy) is 1. The lowest BCUT2D eigenvalue weighted by molar-refractivity contribution is 0.148. The van der Waals surface area contributed by atoms with Crippen LogP contribution in [0.3, 0.4) is 0 Å². The Balaban J connectivity index is 2.11. The van der Waals surface area contributed by atoms with E-state index in [2.05, 4.69) is 11.1 Å². The first kappa shape index (κ1) is 10.7. The van der Waals surface area contributed by atoms with Crippen LogP contribution in [0.2, 0.25) is 0 Å². The van der Waals surface area contributed by atoms with E-state index in [9.17, 15) is 0 Å². The van der Waals surface area contributed by atoms with Crippen LogP contribution in [0.4, 0.5) is 5.69 Å². The molecule has 0 spiro atoms. The molecule has 4 nitrogen and oxygen atoms in total. The van der Waals surface area contributed by atoms with Crippen molar-refractivity contribution >= 4 is 5.69 Å². The molecule has 0 unspecified atom stereocenters. The molecule has 0 atom stereocenters. The van der Waals surface area contributed by atoms with Crippen molar-refractivity contribution in [1.29, 1.82) is 5.26 Å². The summed E-state index contributed by atoms with van der Waals surface area (Å²) in [5, 5.41) is 8.95. The number of anilines is 1. The molecule has 0 radical (unpaired) electrons. The van der Waals surface area contributed by atoms with Crippen LogP contribution in [-0.2, 0) is 0 Å². The molecule has 1 heterocycles. The molecule has 1 aliphatic rings. The van der Waals surface area contributed by atoms with Crippen molar-refractivity contribution in [3.63, 3.8) is 0 Å². The van der Waals surface area contributed by atoms with Gasteiger partial charge in [-0.25, -0.2) is 4.98 Å². The first-order valence-corrected chi connectivity index (χ1v) is 5.62. The highest BCUT2D eigenvalue weighted by molar-refractivity contribution is 5.48. The van der Waals surface area contributed by atoms with Gasteiger partial charge in [0.1, 0.15) is 17.7 Å². The monoisotopic (exact) mass is 217 g/mol. The van der Waals surface area contributed by atoms with E-state index in [0.29, 0.717) is 17.1 Å². The maximum absolute atomic E-state index is 8.95. The molecule has 1 aliphatic carbocycles. The normalized spacial score (nSPS) is 16.7. The topological polar surface area (TPSA) is 71.9 Å². The van der Waals surface area contributed by atoms with Crippen molar-refractivity contribution in [3.05, 3.63) is 17.8 Å². The summed E-state index contributed by atoms with van der Waals surface area (Å²) < 4.78 is 5.74. The van der Waals surface area contributed by atoms with Gasteiger partial charge in [0, 0.05) is 0 Å². The maximum atomic E-state index is 8.95. The zero-order valence-electron chi connectivity index (χ0n) is 9.15. The van der Waals surface area contributed by atoms with Gasteiger partial charge in [-0.3, -0.25) is 0 Å². The molecule has 1 aromatic rings. The molecule has 2 N–H and O–H groups in total. The number of hydrogen-bond donors (Lipinski definition) is 1. The van der Waals surface area contributed by atoms with Crippen molar-refractivity contribution in [3.8, 4) is 11.9 Å². The van der Waals surface area contributed by atoms with Crippen LogP contribution in [0.5, 0.6) is 5.88 Å². The van der Waals surface area contributed by atoms with Crippen LogP contribution in [0.15, 0.2) is 12.3 Å². The summed E-state index contributed by atoms with van der Waals surface area (Å²) in [4.78, 5) is 4.07. The zero-order valence-corrected chi connectivity index (χ0v) is 9.15. The average Bonchev–Trinajstić information content (AvgIpc) is 2.33. The first-order valence-electron chi connectivity index (χ1n) is 5.62. The van der Waals surface area contributed by atoms with E-state index in [1.807, 2.05) is 0 Å². The SMILES string of the molecule is N#Cc1cc(N)cnc1OC1CCCCC1. The fourth-order valence-electron chi connectivity index (χ4n) is 1.98. The molecule has 0 saturated heterocycles. The minimum atomic E-state index is 0.206. The third kappa shape index (κ3) is 2.43. The lowest BCUT2D eigenvalue weighted by Gasteiger charge is -2.22. The van der Waals surface area contributed by atoms with Gasteiger partial charge in [-0.1, -0.05) is 6.42 Å². The smallest absolute Gasteiger partial charge is 0.232 e. The van der Waals surface area contributed by atoms with Gasteiger partial charge in [-0.05, 0) is 31.7 Å². The summed E-state index contributed by atoms with van der Waals surface area (Å²) >= 11 is 0. The van der Waals surface area contributed by atoms with Crippen LogP contribution in [0.25, 0.3) is 0 Å². The number of pyridine rings is 1. The molecule has 0 aromatic carbocycles. The molecule has 1 fully saturated rings. The lowest BCUT2D eigenvalue weighted by Crippen LogP contribution is -2.20. The van der Waals surface area contributed by atoms with Crippen molar-refractivity contribution in [1.82, 2.24) is 4.98 Å². The zero-order chi connectivity index (χ0) is 11.4. The molecule has 0 aliphatic heterocycles. The Kier molecular flexibility index (Phi) is 3.25. The number of nitriles is 1. The summed E-state index contributed by atoms with van der Waals surface area (Å²) in [6.45, 7) is 0. The Morgan fingerprint density at radius 3 is 2.81 bits per heavy atom. The Morgan fingerprint density at radius 2 is 2.12 bits per heavy atom. The van der Waals surface area contributed by atoms with Crippen molar-refractivity contribution in [2.75, 3.05) is 5.73 Å². The van der Waals surface area contributed by atoms with Gasteiger partial charge in [0.2, 0.25) is 5.88 Å². The Morgan fingerprint density at radius 1 is 1.38 bits per heavy atom. The van der Waals surface area contributed by atoms with Gasteiger partial charge < -0.3 is 10.5 Å². The first-order chi connectivity index (χ1) is 7.79. The van der Waals surface area contributed by atoms with Crippen LogP contribution < -0.4 is 10.5 Å². The van der Waals surface area contributed by atoms with E-state index < -0.39 is 0 Å². The molecular formula is C12H15N3O. The van der Waals surface area contributed by atoms with Gasteiger partial charge in [0.15, 0.2) is 0 Å². The molecule has 0 amide bonds. The minimum Gasteiger partial charge on any atom is -0.473 e. The molecule has 1 aromatic heterocycles. The third-order valence-electron chi connectivity index (χ3n) is 2.82. The van der Waals surface area contributed by atoms with E-state index in [4.69, 9.17) is 15.7 Å². The van der Waals surface area contributed by atoms with Gasteiger partial charge in [-0.2, -0.15) is 5.26 Å². The predicted molar refractivity (Wildman–Crippen MR) is 60.9 cm³/mol. The van der Waals surface area contributed by atoms with Crippen LogP contribution in [-0.4, -0.2) is 11.1 Å². The molecule has 16 heavy (non-hydrogen) atoms. The Bertz CT molecular complexity index is 405. The average molecular weight is 217 g/mol. The summed E-state index contributed by atoms with van der Waals surface area (Å²) in [6, 6.07) is 3.66. The van der Waals surface area contributed by atoms with Crippen molar-refractivity contribution in [2.24, 2.45) is 0 Å². The van der Waals surface area contributed by atoms with Crippen LogP contribution in [0, 0.1) is 11.3 Å². The second-order valence-corrected chi connectivity index (χ2v) is 4.11. The van der Waals surface area contributed by atoms with E-state index in [1.54, 1.807) is 6.07 Å². The molecule has 84 valence electrons. The van der Waals surface area contributed by atoms with E-state index in [0.717, 1.165) is 12.8 Å². The number of aromatic nitrogens is 1. The number of nitrogens with two attached hydrogens (primary N) is 1. The van der Waals surface area contributed by atoms with Gasteiger partial charge in [-0.15, -0.1) is 0 Å². The number of nitrogen functional groups attached to an aromatic ring is 1. The largest absolute Gasteiger partial charge is 0.473 e. The van der Waals surface area contributed by atoms with E-state index >= 15 is 0 Å². The fraction of sp³-hybridized carbons (Fsp3) is 0.500. The highest BCUT2D eigenvalue weighted by Crippen LogP contribution is 2.24. The summed E-state index contributed by atoms with van der Waals surface area (Å²) in [5.74, 6) is 0.420. The number of rotatable bonds is 2. The molecule has 1 saturated carbocycles. The van der Waals surface area contributed by atoms with Gasteiger partial charge in [0.25, 0.3) is 0 Å². The van der Waals surface area contributed by atoms with Gasteiger partial charge in [0.05, 0.1) is 11.9 Å². The lowest BCUT2D eigenvalue weighted by atomic mass is 9.98. The molecule has 4 heteroatoms. The second-order valence-electron chi connectivity index (χ2n) is 4.11. The fourth-order valence-corrected chi connectivity index (χ4v) is 1.98. The molecular weight excluding hydrogens is 202 g/mol. The third-order valence-corrected chi connectivity index (χ3v) is 2.82. The van der Waals surface area contributed by atoms with Crippen molar-refractivity contribution < 1.29 is 4.74 Å². The highest BCUT2D eigenvalue weighted by atomic mass is 16.5. The minimum absolute atomic E-state index is 0.206. The number of nitrogens with zero attached hydrogens (tertiary/aromatic N) is 2. The summed E-state index contributed by atoms with van der Waals surface area (Å²) in [7, 11) is 0. The molecule has 0 bridgehead atoms. The van der Waals surface area contributed by atoms with Crippen LogP contribution in [0.1, 0.15) is 37.7 Å². The summed E-state index contributed by atoms with van der Waals surface area (Å²) in [6.07, 6.45) is 7.51. The van der Waals surface area contributed by atoms with E-state index in [1.165, 1.54) is 25.5 Å². The number of hydrogen-bond acceptors (Lipinski definition) is 4.